The minimum Gasteiger partial charge on any atom is -0.481 e. The predicted molar refractivity (Wildman–Crippen MR) is 58.7 cm³/mol. The Kier molecular flexibility index (Phi) is 3.47. The van der Waals surface area contributed by atoms with Crippen molar-refractivity contribution in [2.75, 3.05) is 18.4 Å². The lowest BCUT2D eigenvalue weighted by atomic mass is 10.1. The van der Waals surface area contributed by atoms with Crippen molar-refractivity contribution in [2.24, 2.45) is 5.92 Å². The molecule has 1 aliphatic rings. The molecule has 9 heteroatoms. The van der Waals surface area contributed by atoms with E-state index in [1.807, 2.05) is 0 Å². The molecule has 1 atom stereocenters. The first-order chi connectivity index (χ1) is 8.15. The number of carboxylic acid groups (broad SMARTS) is 1. The van der Waals surface area contributed by atoms with Gasteiger partial charge >= 0.3 is 12.0 Å². The molecule has 2 N–H and O–H groups in total. The van der Waals surface area contributed by atoms with Crippen LogP contribution in [0.2, 0.25) is 0 Å². The highest BCUT2D eigenvalue weighted by Crippen LogP contribution is 2.20. The summed E-state index contributed by atoms with van der Waals surface area (Å²) in [7, 11) is 0. The van der Waals surface area contributed by atoms with Crippen LogP contribution in [0.5, 0.6) is 0 Å². The first-order valence-corrected chi connectivity index (χ1v) is 5.85. The summed E-state index contributed by atoms with van der Waals surface area (Å²) in [4.78, 5) is 23.8. The third kappa shape index (κ3) is 3.09. The minimum atomic E-state index is -0.828. The van der Waals surface area contributed by atoms with Crippen LogP contribution in [-0.4, -0.2) is 49.9 Å². The molecule has 8 nitrogen and oxygen atoms in total. The van der Waals surface area contributed by atoms with Crippen molar-refractivity contribution in [1.29, 1.82) is 0 Å². The molecular weight excluding hydrogens is 246 g/mol. The third-order valence-corrected chi connectivity index (χ3v) is 3.06. The van der Waals surface area contributed by atoms with E-state index in [1.54, 1.807) is 4.90 Å². The van der Waals surface area contributed by atoms with Crippen molar-refractivity contribution in [3.05, 3.63) is 0 Å². The average Bonchev–Trinajstić information content (AvgIpc) is 2.87. The first-order valence-electron chi connectivity index (χ1n) is 5.08. The third-order valence-electron chi connectivity index (χ3n) is 2.55. The molecule has 0 bridgehead atoms. The Hall–Kier alpha value is -1.77. The Balaban J connectivity index is 1.83. The molecule has 92 valence electrons. The van der Waals surface area contributed by atoms with Gasteiger partial charge in [0.15, 0.2) is 0 Å². The van der Waals surface area contributed by atoms with Crippen LogP contribution in [0.3, 0.4) is 0 Å². The molecule has 1 saturated heterocycles. The van der Waals surface area contributed by atoms with E-state index in [0.29, 0.717) is 24.6 Å². The number of nitrogens with zero attached hydrogens (tertiary/aromatic N) is 4. The van der Waals surface area contributed by atoms with E-state index in [1.165, 1.54) is 0 Å². The Morgan fingerprint density at radius 2 is 2.41 bits per heavy atom. The molecule has 2 heterocycles. The number of amides is 2. The van der Waals surface area contributed by atoms with Crippen molar-refractivity contribution in [1.82, 2.24) is 19.7 Å². The van der Waals surface area contributed by atoms with Gasteiger partial charge in [-0.2, -0.15) is 0 Å². The molecule has 1 aliphatic heterocycles. The van der Waals surface area contributed by atoms with Crippen molar-refractivity contribution in [3.8, 4) is 0 Å². The van der Waals surface area contributed by atoms with Crippen molar-refractivity contribution in [2.45, 2.75) is 12.8 Å². The number of hydrogen-bond donors (Lipinski definition) is 2. The number of aromatic nitrogens is 3. The second kappa shape index (κ2) is 5.04. The quantitative estimate of drug-likeness (QED) is 0.804. The molecule has 0 spiro atoms. The minimum absolute atomic E-state index is 0.0331. The number of likely N-dealkylation sites (tertiary alicyclic amines) is 1. The van der Waals surface area contributed by atoms with Crippen LogP contribution in [0.4, 0.5) is 9.93 Å². The van der Waals surface area contributed by atoms with Gasteiger partial charge in [-0.25, -0.2) is 4.79 Å². The van der Waals surface area contributed by atoms with Crippen LogP contribution in [0.15, 0.2) is 0 Å². The summed E-state index contributed by atoms with van der Waals surface area (Å²) in [6.45, 7) is 1.03. The fourth-order valence-corrected chi connectivity index (χ4v) is 2.14. The maximum Gasteiger partial charge on any atom is 0.323 e. The van der Waals surface area contributed by atoms with Gasteiger partial charge in [0.2, 0.25) is 5.13 Å². The van der Waals surface area contributed by atoms with E-state index in [0.717, 1.165) is 11.5 Å². The average molecular weight is 257 g/mol. The first kappa shape index (κ1) is 11.7. The Labute approximate surface area is 101 Å². The van der Waals surface area contributed by atoms with Crippen molar-refractivity contribution in [3.63, 3.8) is 0 Å². The fourth-order valence-electron chi connectivity index (χ4n) is 1.78. The summed E-state index contributed by atoms with van der Waals surface area (Å²) in [6, 6.07) is -0.281. The summed E-state index contributed by atoms with van der Waals surface area (Å²) < 4.78 is 3.53. The molecule has 1 aromatic heterocycles. The van der Waals surface area contributed by atoms with Crippen molar-refractivity contribution >= 4 is 28.7 Å². The summed E-state index contributed by atoms with van der Waals surface area (Å²) in [6.07, 6.45) is 0.818. The van der Waals surface area contributed by atoms with Gasteiger partial charge in [-0.15, -0.1) is 0 Å². The van der Waals surface area contributed by atoms with Gasteiger partial charge in [0.05, 0.1) is 0 Å². The molecule has 2 amide bonds. The summed E-state index contributed by atoms with van der Waals surface area (Å²) in [5.41, 5.74) is 0. The molecule has 17 heavy (non-hydrogen) atoms. The molecule has 2 rings (SSSR count). The number of carboxylic acids is 1. The molecule has 0 saturated carbocycles. The highest BCUT2D eigenvalue weighted by atomic mass is 32.1. The maximum absolute atomic E-state index is 11.7. The van der Waals surface area contributed by atoms with Gasteiger partial charge in [-0.3, -0.25) is 10.1 Å². The number of carbonyl (C=O) groups excluding carboxylic acids is 1. The van der Waals surface area contributed by atoms with Crippen LogP contribution in [0.1, 0.15) is 12.8 Å². The number of carbonyl (C=O) groups is 2. The van der Waals surface area contributed by atoms with Crippen LogP contribution in [0, 0.1) is 5.92 Å². The topological polar surface area (TPSA) is 108 Å². The predicted octanol–water partition coefficient (Wildman–Crippen LogP) is 0.262. The highest BCUT2D eigenvalue weighted by molar-refractivity contribution is 7.09. The van der Waals surface area contributed by atoms with E-state index in [-0.39, 0.29) is 18.4 Å². The van der Waals surface area contributed by atoms with Gasteiger partial charge < -0.3 is 10.0 Å². The standard InChI is InChI=1S/C8H11N5O3S/c14-6(15)3-5-1-2-13(4-5)8(16)9-7-10-11-12-17-7/h5H,1-4H2,(H,14,15)(H,9,10,12,16). The number of anilines is 1. The molecule has 0 radical (unpaired) electrons. The summed E-state index contributed by atoms with van der Waals surface area (Å²) in [5.74, 6) is -0.795. The van der Waals surface area contributed by atoms with Gasteiger partial charge in [0.25, 0.3) is 0 Å². The Bertz CT molecular complexity index is 409. The zero-order valence-electron chi connectivity index (χ0n) is 8.87. The molecular formula is C8H11N5O3S. The van der Waals surface area contributed by atoms with Gasteiger partial charge in [0.1, 0.15) is 0 Å². The van der Waals surface area contributed by atoms with Gasteiger partial charge in [-0.05, 0) is 17.6 Å². The van der Waals surface area contributed by atoms with Crippen LogP contribution < -0.4 is 5.32 Å². The van der Waals surface area contributed by atoms with Crippen LogP contribution in [-0.2, 0) is 4.79 Å². The van der Waals surface area contributed by atoms with E-state index >= 15 is 0 Å². The van der Waals surface area contributed by atoms with E-state index < -0.39 is 5.97 Å². The van der Waals surface area contributed by atoms with E-state index in [9.17, 15) is 9.59 Å². The lowest BCUT2D eigenvalue weighted by molar-refractivity contribution is -0.138. The van der Waals surface area contributed by atoms with E-state index in [2.05, 4.69) is 20.1 Å². The monoisotopic (exact) mass is 257 g/mol. The Morgan fingerprint density at radius 3 is 3.06 bits per heavy atom. The van der Waals surface area contributed by atoms with Gasteiger partial charge in [-0.1, -0.05) is 9.59 Å². The largest absolute Gasteiger partial charge is 0.481 e. The molecule has 0 aliphatic carbocycles. The number of aliphatic carboxylic acids is 1. The lowest BCUT2D eigenvalue weighted by Gasteiger charge is -2.15. The van der Waals surface area contributed by atoms with Crippen molar-refractivity contribution < 1.29 is 14.7 Å². The Morgan fingerprint density at radius 1 is 1.59 bits per heavy atom. The normalized spacial score (nSPS) is 19.3. The molecule has 1 aromatic rings. The summed E-state index contributed by atoms with van der Waals surface area (Å²) in [5, 5.41) is 18.5. The number of urea groups is 1. The number of nitrogens with one attached hydrogen (secondary N) is 1. The molecule has 0 aromatic carbocycles. The van der Waals surface area contributed by atoms with Crippen LogP contribution in [0.25, 0.3) is 0 Å². The second-order valence-corrected chi connectivity index (χ2v) is 4.53. The van der Waals surface area contributed by atoms with E-state index in [4.69, 9.17) is 5.11 Å². The fraction of sp³-hybridized carbons (Fsp3) is 0.625. The lowest BCUT2D eigenvalue weighted by Crippen LogP contribution is -2.33. The summed E-state index contributed by atoms with van der Waals surface area (Å²) >= 11 is 0.997. The smallest absolute Gasteiger partial charge is 0.323 e. The highest BCUT2D eigenvalue weighted by Gasteiger charge is 2.28. The zero-order valence-corrected chi connectivity index (χ0v) is 9.68. The second-order valence-electron chi connectivity index (χ2n) is 3.80. The molecule has 1 unspecified atom stereocenters. The zero-order chi connectivity index (χ0) is 12.3. The maximum atomic E-state index is 11.7. The number of rotatable bonds is 3. The van der Waals surface area contributed by atoms with Gasteiger partial charge in [0, 0.05) is 31.0 Å². The van der Waals surface area contributed by atoms with Crippen LogP contribution >= 0.6 is 11.5 Å². The number of hydrogen-bond acceptors (Lipinski definition) is 6. The molecule has 1 fully saturated rings. The SMILES string of the molecule is O=C(O)CC1CCN(C(=O)Nc2nnns2)C1.